The summed E-state index contributed by atoms with van der Waals surface area (Å²) in [6.45, 7) is 1.90. The van der Waals surface area contributed by atoms with Gasteiger partial charge in [0, 0.05) is 23.1 Å². The second kappa shape index (κ2) is 8.55. The van der Waals surface area contributed by atoms with Gasteiger partial charge in [0.25, 0.3) is 5.56 Å². The molecule has 186 valence electrons. The van der Waals surface area contributed by atoms with Gasteiger partial charge in [-0.05, 0) is 46.7 Å². The van der Waals surface area contributed by atoms with Crippen LogP contribution in [0, 0.1) is 17.8 Å². The summed E-state index contributed by atoms with van der Waals surface area (Å²) in [5.74, 6) is -1.33. The number of hydrogen-bond donors (Lipinski definition) is 2. The monoisotopic (exact) mass is 522 g/mol. The highest BCUT2D eigenvalue weighted by Gasteiger charge is 2.36. The van der Waals surface area contributed by atoms with Crippen LogP contribution in [0.15, 0.2) is 47.5 Å². The molecule has 0 amide bonds. The Kier molecular flexibility index (Phi) is 5.30. The second-order valence-corrected chi connectivity index (χ2v) is 9.10. The van der Waals surface area contributed by atoms with Crippen LogP contribution < -0.4 is 11.3 Å². The molecule has 14 heteroatoms. The number of nitrogens with two attached hydrogens (primary N) is 1. The predicted molar refractivity (Wildman–Crippen MR) is 129 cm³/mol. The lowest BCUT2D eigenvalue weighted by Crippen LogP contribution is -2.26. The van der Waals surface area contributed by atoms with E-state index in [0.717, 1.165) is 0 Å². The van der Waals surface area contributed by atoms with Gasteiger partial charge in [-0.3, -0.25) is 9.36 Å². The van der Waals surface area contributed by atoms with Crippen molar-refractivity contribution in [2.75, 3.05) is 5.73 Å². The Hall–Kier alpha value is -4.52. The van der Waals surface area contributed by atoms with Gasteiger partial charge in [0.05, 0.1) is 23.0 Å². The Bertz CT molecular complexity index is 1720. The first kappa shape index (κ1) is 22.9. The first-order valence-corrected chi connectivity index (χ1v) is 11.5. The molecule has 1 aliphatic heterocycles. The van der Waals surface area contributed by atoms with Crippen molar-refractivity contribution in [2.24, 2.45) is 5.92 Å². The summed E-state index contributed by atoms with van der Waals surface area (Å²) < 4.78 is 32.1. The summed E-state index contributed by atoms with van der Waals surface area (Å²) in [5.41, 5.74) is 6.29. The average molecular weight is 523 g/mol. The minimum Gasteiger partial charge on any atom is -0.384 e. The maximum Gasteiger partial charge on any atom is 0.254 e. The number of H-pyrrole nitrogens is 1. The molecule has 0 fully saturated rings. The van der Waals surface area contributed by atoms with E-state index in [1.54, 1.807) is 18.2 Å². The maximum absolute atomic E-state index is 14.9. The van der Waals surface area contributed by atoms with Crippen LogP contribution >= 0.6 is 11.6 Å². The lowest BCUT2D eigenvalue weighted by atomic mass is 10.0. The van der Waals surface area contributed by atoms with Gasteiger partial charge in [0.15, 0.2) is 0 Å². The molecule has 1 aromatic carbocycles. The van der Waals surface area contributed by atoms with Crippen molar-refractivity contribution >= 4 is 17.4 Å². The minimum atomic E-state index is -0.944. The van der Waals surface area contributed by atoms with E-state index in [-0.39, 0.29) is 34.4 Å². The Morgan fingerprint density at radius 2 is 1.95 bits per heavy atom. The summed E-state index contributed by atoms with van der Waals surface area (Å²) in [6.07, 6.45) is 1.84. The molecule has 4 aromatic heterocycles. The molecular weight excluding hydrogens is 506 g/mol. The molecular formula is C23H17ClF2N10O. The Morgan fingerprint density at radius 1 is 1.11 bits per heavy atom. The van der Waals surface area contributed by atoms with Gasteiger partial charge >= 0.3 is 0 Å². The first-order chi connectivity index (χ1) is 17.8. The molecule has 0 saturated heterocycles. The number of aromatic nitrogens is 9. The number of pyridine rings is 1. The van der Waals surface area contributed by atoms with Crippen molar-refractivity contribution in [2.45, 2.75) is 19.4 Å². The van der Waals surface area contributed by atoms with E-state index >= 15 is 0 Å². The lowest BCUT2D eigenvalue weighted by molar-refractivity contribution is 0.445. The Balaban J connectivity index is 1.44. The van der Waals surface area contributed by atoms with Crippen LogP contribution in [0.3, 0.4) is 0 Å². The normalized spacial score (nSPS) is 16.8. The predicted octanol–water partition coefficient (Wildman–Crippen LogP) is 2.97. The van der Waals surface area contributed by atoms with E-state index in [9.17, 15) is 13.6 Å². The van der Waals surface area contributed by atoms with E-state index in [0.29, 0.717) is 34.2 Å². The van der Waals surface area contributed by atoms with Crippen LogP contribution in [0.1, 0.15) is 24.6 Å². The molecule has 0 spiro atoms. The molecule has 0 radical (unpaired) electrons. The number of imidazole rings is 1. The number of nitrogen functional groups attached to an aromatic ring is 1. The number of rotatable bonds is 4. The summed E-state index contributed by atoms with van der Waals surface area (Å²) in [7, 11) is 0. The van der Waals surface area contributed by atoms with Crippen molar-refractivity contribution in [3.63, 3.8) is 0 Å². The van der Waals surface area contributed by atoms with Gasteiger partial charge in [-0.1, -0.05) is 18.5 Å². The van der Waals surface area contributed by atoms with E-state index < -0.39 is 17.9 Å². The largest absolute Gasteiger partial charge is 0.384 e. The Morgan fingerprint density at radius 3 is 2.70 bits per heavy atom. The zero-order valence-corrected chi connectivity index (χ0v) is 19.9. The van der Waals surface area contributed by atoms with Crippen molar-refractivity contribution in [3.8, 4) is 28.2 Å². The zero-order valence-electron chi connectivity index (χ0n) is 19.1. The highest BCUT2D eigenvalue weighted by atomic mass is 35.5. The Labute approximate surface area is 212 Å². The number of anilines is 1. The second-order valence-electron chi connectivity index (χ2n) is 8.67. The number of tetrazole rings is 1. The highest BCUT2D eigenvalue weighted by molar-refractivity contribution is 6.31. The van der Waals surface area contributed by atoms with Crippen molar-refractivity contribution in [1.29, 1.82) is 0 Å². The molecule has 0 unspecified atom stereocenters. The number of fused-ring (bicyclic) bond motifs is 1. The molecule has 6 rings (SSSR count). The molecule has 1 aliphatic rings. The van der Waals surface area contributed by atoms with Crippen molar-refractivity contribution in [3.05, 3.63) is 81.6 Å². The third kappa shape index (κ3) is 3.83. The van der Waals surface area contributed by atoms with Gasteiger partial charge in [0.2, 0.25) is 11.9 Å². The quantitative estimate of drug-likeness (QED) is 0.342. The number of nitrogens with zero attached hydrogens (tertiary/aromatic N) is 8. The molecule has 0 saturated carbocycles. The van der Waals surface area contributed by atoms with Gasteiger partial charge in [-0.2, -0.15) is 13.5 Å². The molecule has 37 heavy (non-hydrogen) atoms. The van der Waals surface area contributed by atoms with Gasteiger partial charge in [-0.25, -0.2) is 15.0 Å². The van der Waals surface area contributed by atoms with Crippen LogP contribution in [0.25, 0.3) is 28.2 Å². The topological polar surface area (TPSA) is 146 Å². The molecule has 11 nitrogen and oxygen atoms in total. The minimum absolute atomic E-state index is 0.0351. The first-order valence-electron chi connectivity index (χ1n) is 11.1. The molecule has 5 aromatic rings. The van der Waals surface area contributed by atoms with Gasteiger partial charge in [-0.15, -0.1) is 5.10 Å². The standard InChI is InChI=1S/C23H17ClF2N10O/c1-10-6-17-29-14(13-7-11(24)2-4-15(13)35-9-28-33-34-35)8-18(37)36(17)20(10)23-31-19(22(26)32-23)12-3-5-16(27)30-21(12)25/h2-5,7-10,20H,6H2,1H3,(H2,27,30)(H,31,32)/t10-,20-/m0/s1. The molecule has 2 atom stereocenters. The van der Waals surface area contributed by atoms with E-state index in [1.165, 1.54) is 33.8 Å². The fourth-order valence-corrected chi connectivity index (χ4v) is 4.83. The lowest BCUT2D eigenvalue weighted by Gasteiger charge is -2.16. The molecule has 0 bridgehead atoms. The van der Waals surface area contributed by atoms with Crippen LogP contribution in [0.2, 0.25) is 5.02 Å². The van der Waals surface area contributed by atoms with Crippen LogP contribution in [-0.4, -0.2) is 44.7 Å². The fourth-order valence-electron chi connectivity index (χ4n) is 4.66. The van der Waals surface area contributed by atoms with E-state index in [1.807, 2.05) is 6.92 Å². The number of aromatic amines is 1. The fraction of sp³-hybridized carbons (Fsp3) is 0.174. The average Bonchev–Trinajstić information content (AvgIpc) is 3.58. The van der Waals surface area contributed by atoms with Gasteiger partial charge < -0.3 is 10.7 Å². The third-order valence-electron chi connectivity index (χ3n) is 6.26. The van der Waals surface area contributed by atoms with E-state index in [4.69, 9.17) is 22.3 Å². The summed E-state index contributed by atoms with van der Waals surface area (Å²) in [6, 6.07) is 8.48. The summed E-state index contributed by atoms with van der Waals surface area (Å²) >= 11 is 6.24. The smallest absolute Gasteiger partial charge is 0.254 e. The van der Waals surface area contributed by atoms with E-state index in [2.05, 4.69) is 30.5 Å². The molecule has 3 N–H and O–H groups in total. The van der Waals surface area contributed by atoms with Gasteiger partial charge in [0.1, 0.15) is 29.5 Å². The SMILES string of the molecule is C[C@H]1Cc2nc(-c3cc(Cl)ccc3-n3cnnn3)cc(=O)n2[C@@H]1c1nc(-c2ccc(N)nc2F)c(F)[nH]1. The zero-order chi connectivity index (χ0) is 25.8. The summed E-state index contributed by atoms with van der Waals surface area (Å²) in [5, 5.41) is 11.7. The van der Waals surface area contributed by atoms with Crippen LogP contribution in [0.4, 0.5) is 14.6 Å². The summed E-state index contributed by atoms with van der Waals surface area (Å²) in [4.78, 5) is 28.5. The van der Waals surface area contributed by atoms with Crippen LogP contribution in [-0.2, 0) is 6.42 Å². The molecule has 5 heterocycles. The maximum atomic E-state index is 14.9. The number of hydrogen-bond acceptors (Lipinski definition) is 8. The molecule has 0 aliphatic carbocycles. The number of nitrogens with one attached hydrogen (secondary N) is 1. The van der Waals surface area contributed by atoms with Crippen molar-refractivity contribution in [1.82, 2.24) is 44.7 Å². The highest BCUT2D eigenvalue weighted by Crippen LogP contribution is 2.36. The third-order valence-corrected chi connectivity index (χ3v) is 6.50. The van der Waals surface area contributed by atoms with Crippen molar-refractivity contribution < 1.29 is 8.78 Å². The number of benzene rings is 1. The van der Waals surface area contributed by atoms with Crippen LogP contribution in [0.5, 0.6) is 0 Å². The number of halogens is 3.